The van der Waals surface area contributed by atoms with Gasteiger partial charge >= 0.3 is 0 Å². The summed E-state index contributed by atoms with van der Waals surface area (Å²) < 4.78 is 2.17. The van der Waals surface area contributed by atoms with E-state index in [1.165, 1.54) is 50.1 Å². The number of fused-ring (bicyclic) bond motifs is 1. The highest BCUT2D eigenvalue weighted by molar-refractivity contribution is 7.21. The van der Waals surface area contributed by atoms with Crippen LogP contribution >= 0.6 is 11.3 Å². The summed E-state index contributed by atoms with van der Waals surface area (Å²) in [7, 11) is 0. The van der Waals surface area contributed by atoms with Gasteiger partial charge in [0, 0.05) is 29.5 Å². The first-order chi connectivity index (χ1) is 14.1. The fourth-order valence-corrected chi connectivity index (χ4v) is 5.31. The lowest BCUT2D eigenvalue weighted by atomic mass is 10.2. The fraction of sp³-hybridized carbons (Fsp3) is 0.478. The first-order valence-corrected chi connectivity index (χ1v) is 11.5. The van der Waals surface area contributed by atoms with Crippen molar-refractivity contribution >= 4 is 27.5 Å². The van der Waals surface area contributed by atoms with Gasteiger partial charge in [-0.15, -0.1) is 11.3 Å². The van der Waals surface area contributed by atoms with Crippen LogP contribution in [0.1, 0.15) is 53.2 Å². The summed E-state index contributed by atoms with van der Waals surface area (Å²) in [5.74, 6) is 0.00589. The van der Waals surface area contributed by atoms with Gasteiger partial charge in [0.15, 0.2) is 0 Å². The minimum absolute atomic E-state index is 0.00589. The lowest BCUT2D eigenvalue weighted by molar-refractivity contribution is 0.0956. The second-order valence-electron chi connectivity index (χ2n) is 7.95. The zero-order valence-electron chi connectivity index (χ0n) is 17.4. The van der Waals surface area contributed by atoms with Gasteiger partial charge in [-0.3, -0.25) is 4.79 Å². The van der Waals surface area contributed by atoms with E-state index in [-0.39, 0.29) is 5.91 Å². The molecule has 0 unspecified atom stereocenters. The Morgan fingerprint density at radius 1 is 1.10 bits per heavy atom. The molecule has 1 aliphatic heterocycles. The molecule has 0 bridgehead atoms. The Balaban J connectivity index is 1.50. The van der Waals surface area contributed by atoms with Gasteiger partial charge in [0.05, 0.1) is 5.69 Å². The van der Waals surface area contributed by atoms with Crippen LogP contribution in [0, 0.1) is 13.8 Å². The summed E-state index contributed by atoms with van der Waals surface area (Å²) in [6, 6.07) is 8.19. The standard InChI is InChI=1S/C23H30N4OS/c1-17-10-11-18(2)27(17)20-19-9-7-12-25-23(19)29-21(20)22(28)24-13-8-16-26-14-5-3-4-6-15-26/h7,9-12H,3-6,8,13-16H2,1-2H3,(H,24,28). The van der Waals surface area contributed by atoms with Crippen molar-refractivity contribution in [2.75, 3.05) is 26.2 Å². The Labute approximate surface area is 176 Å². The summed E-state index contributed by atoms with van der Waals surface area (Å²) in [5.41, 5.74) is 3.21. The van der Waals surface area contributed by atoms with Crippen molar-refractivity contribution in [1.82, 2.24) is 19.8 Å². The van der Waals surface area contributed by atoms with Crippen molar-refractivity contribution in [1.29, 1.82) is 0 Å². The highest BCUT2D eigenvalue weighted by Gasteiger charge is 2.22. The molecule has 0 aliphatic carbocycles. The van der Waals surface area contributed by atoms with Crippen LogP contribution in [0.4, 0.5) is 0 Å². The summed E-state index contributed by atoms with van der Waals surface area (Å²) in [6.07, 6.45) is 8.11. The number of rotatable bonds is 6. The van der Waals surface area contributed by atoms with Crippen molar-refractivity contribution in [2.24, 2.45) is 0 Å². The fourth-order valence-electron chi connectivity index (χ4n) is 4.26. The van der Waals surface area contributed by atoms with E-state index in [0.29, 0.717) is 6.54 Å². The summed E-state index contributed by atoms with van der Waals surface area (Å²) in [6.45, 7) is 8.33. The van der Waals surface area contributed by atoms with E-state index in [1.54, 1.807) is 6.20 Å². The molecule has 0 aromatic carbocycles. The molecule has 154 valence electrons. The average Bonchev–Trinajstić information content (AvgIpc) is 3.13. The number of amides is 1. The van der Waals surface area contributed by atoms with Gasteiger partial charge < -0.3 is 14.8 Å². The Kier molecular flexibility index (Phi) is 6.31. The van der Waals surface area contributed by atoms with E-state index in [4.69, 9.17) is 0 Å². The second-order valence-corrected chi connectivity index (χ2v) is 8.95. The third kappa shape index (κ3) is 4.38. The Morgan fingerprint density at radius 3 is 2.55 bits per heavy atom. The maximum absolute atomic E-state index is 13.1. The Hall–Kier alpha value is -2.18. The number of nitrogens with zero attached hydrogens (tertiary/aromatic N) is 3. The normalized spacial score (nSPS) is 15.5. The monoisotopic (exact) mass is 410 g/mol. The number of thiophene rings is 1. The number of pyridine rings is 1. The van der Waals surface area contributed by atoms with Crippen LogP contribution < -0.4 is 5.32 Å². The van der Waals surface area contributed by atoms with Crippen LogP contribution in [0.5, 0.6) is 0 Å². The predicted octanol–water partition coefficient (Wildman–Crippen LogP) is 4.70. The largest absolute Gasteiger partial charge is 0.351 e. The van der Waals surface area contributed by atoms with Gasteiger partial charge in [0.25, 0.3) is 5.91 Å². The molecule has 1 aliphatic rings. The van der Waals surface area contributed by atoms with Crippen molar-refractivity contribution in [2.45, 2.75) is 46.0 Å². The van der Waals surface area contributed by atoms with Crippen LogP contribution in [-0.4, -0.2) is 46.5 Å². The molecular weight excluding hydrogens is 380 g/mol. The van der Waals surface area contributed by atoms with Crippen molar-refractivity contribution < 1.29 is 4.79 Å². The van der Waals surface area contributed by atoms with Crippen LogP contribution in [0.3, 0.4) is 0 Å². The zero-order valence-corrected chi connectivity index (χ0v) is 18.2. The van der Waals surface area contributed by atoms with Crippen molar-refractivity contribution in [3.63, 3.8) is 0 Å². The Bertz CT molecular complexity index is 963. The molecule has 1 saturated heterocycles. The molecule has 3 aromatic heterocycles. The minimum Gasteiger partial charge on any atom is -0.351 e. The molecule has 0 radical (unpaired) electrons. The van der Waals surface area contributed by atoms with E-state index >= 15 is 0 Å². The van der Waals surface area contributed by atoms with Crippen LogP contribution in [0.2, 0.25) is 0 Å². The third-order valence-corrected chi connectivity index (χ3v) is 6.88. The SMILES string of the molecule is Cc1ccc(C)n1-c1c(C(=O)NCCCN2CCCCCC2)sc2ncccc12. The molecule has 0 spiro atoms. The van der Waals surface area contributed by atoms with E-state index in [1.807, 2.05) is 6.07 Å². The molecule has 1 fully saturated rings. The topological polar surface area (TPSA) is 50.2 Å². The first-order valence-electron chi connectivity index (χ1n) is 10.7. The van der Waals surface area contributed by atoms with E-state index in [9.17, 15) is 4.79 Å². The molecule has 29 heavy (non-hydrogen) atoms. The number of hydrogen-bond acceptors (Lipinski definition) is 4. The molecule has 3 aromatic rings. The molecule has 4 rings (SSSR count). The lowest BCUT2D eigenvalue weighted by Gasteiger charge is -2.19. The summed E-state index contributed by atoms with van der Waals surface area (Å²) in [5, 5.41) is 4.20. The molecule has 5 nitrogen and oxygen atoms in total. The molecule has 6 heteroatoms. The molecule has 1 N–H and O–H groups in total. The van der Waals surface area contributed by atoms with Crippen LogP contribution in [0.25, 0.3) is 15.9 Å². The molecule has 0 saturated carbocycles. The van der Waals surface area contributed by atoms with E-state index < -0.39 is 0 Å². The number of hydrogen-bond donors (Lipinski definition) is 1. The first kappa shape index (κ1) is 20.1. The number of aryl methyl sites for hydroxylation is 2. The molecular formula is C23H30N4OS. The molecule has 4 heterocycles. The molecule has 0 atom stereocenters. The number of aromatic nitrogens is 2. The van der Waals surface area contributed by atoms with Gasteiger partial charge in [0.2, 0.25) is 0 Å². The lowest BCUT2D eigenvalue weighted by Crippen LogP contribution is -2.30. The number of carbonyl (C=O) groups is 1. The van der Waals surface area contributed by atoms with E-state index in [0.717, 1.165) is 45.1 Å². The average molecular weight is 411 g/mol. The molecule has 1 amide bonds. The number of likely N-dealkylation sites (tertiary alicyclic amines) is 1. The second kappa shape index (κ2) is 9.09. The van der Waals surface area contributed by atoms with Gasteiger partial charge in [-0.2, -0.15) is 0 Å². The van der Waals surface area contributed by atoms with Gasteiger partial charge in [0.1, 0.15) is 9.71 Å². The minimum atomic E-state index is 0.00589. The maximum atomic E-state index is 13.1. The smallest absolute Gasteiger partial charge is 0.263 e. The summed E-state index contributed by atoms with van der Waals surface area (Å²) >= 11 is 1.48. The Morgan fingerprint density at radius 2 is 1.83 bits per heavy atom. The van der Waals surface area contributed by atoms with Crippen molar-refractivity contribution in [3.8, 4) is 5.69 Å². The van der Waals surface area contributed by atoms with Crippen LogP contribution in [0.15, 0.2) is 30.5 Å². The number of carbonyl (C=O) groups excluding carboxylic acids is 1. The quantitative estimate of drug-likeness (QED) is 0.599. The predicted molar refractivity (Wildman–Crippen MR) is 120 cm³/mol. The maximum Gasteiger partial charge on any atom is 0.263 e. The van der Waals surface area contributed by atoms with Gasteiger partial charge in [-0.05, 0) is 77.0 Å². The number of nitrogens with one attached hydrogen (secondary N) is 1. The summed E-state index contributed by atoms with van der Waals surface area (Å²) in [4.78, 5) is 21.8. The zero-order chi connectivity index (χ0) is 20.2. The van der Waals surface area contributed by atoms with E-state index in [2.05, 4.69) is 51.8 Å². The third-order valence-electron chi connectivity index (χ3n) is 5.78. The van der Waals surface area contributed by atoms with Gasteiger partial charge in [-0.25, -0.2) is 4.98 Å². The van der Waals surface area contributed by atoms with Crippen molar-refractivity contribution in [3.05, 3.63) is 46.7 Å². The highest BCUT2D eigenvalue weighted by Crippen LogP contribution is 2.34. The van der Waals surface area contributed by atoms with Crippen LogP contribution in [-0.2, 0) is 0 Å². The van der Waals surface area contributed by atoms with Gasteiger partial charge in [-0.1, -0.05) is 12.8 Å². The highest BCUT2D eigenvalue weighted by atomic mass is 32.1.